The summed E-state index contributed by atoms with van der Waals surface area (Å²) in [6.07, 6.45) is 5.14. The first-order valence-electron chi connectivity index (χ1n) is 13.0. The van der Waals surface area contributed by atoms with Gasteiger partial charge in [-0.05, 0) is 86.4 Å². The van der Waals surface area contributed by atoms with Crippen LogP contribution in [0.1, 0.15) is 60.9 Å². The van der Waals surface area contributed by atoms with E-state index < -0.39 is 35.0 Å². The minimum Gasteiger partial charge on any atom is -0.490 e. The lowest BCUT2D eigenvalue weighted by molar-refractivity contribution is 0.0325. The van der Waals surface area contributed by atoms with Gasteiger partial charge in [-0.2, -0.15) is 8.78 Å². The number of rotatable bonds is 10. The highest BCUT2D eigenvalue weighted by molar-refractivity contribution is 5.91. The van der Waals surface area contributed by atoms with Gasteiger partial charge in [0.25, 0.3) is 0 Å². The Hall–Kier alpha value is -3.65. The fourth-order valence-corrected chi connectivity index (χ4v) is 4.78. The Labute approximate surface area is 225 Å². The topological polar surface area (TPSA) is 44.8 Å². The number of hydrogen-bond donors (Lipinski definition) is 0. The molecule has 8 heteroatoms. The Morgan fingerprint density at radius 2 is 1.54 bits per heavy atom. The average molecular weight is 543 g/mol. The molecule has 206 valence electrons. The summed E-state index contributed by atoms with van der Waals surface area (Å²) in [5.41, 5.74) is 0.573. The van der Waals surface area contributed by atoms with E-state index in [1.54, 1.807) is 6.08 Å². The molecule has 4 nitrogen and oxygen atoms in total. The molecule has 0 amide bonds. The maximum absolute atomic E-state index is 14.9. The normalized spacial score (nSPS) is 17.1. The van der Waals surface area contributed by atoms with Gasteiger partial charge in [0, 0.05) is 12.2 Å². The van der Waals surface area contributed by atoms with Crippen molar-refractivity contribution >= 4 is 5.97 Å². The molecule has 0 spiro atoms. The van der Waals surface area contributed by atoms with Gasteiger partial charge in [-0.3, -0.25) is 0 Å². The van der Waals surface area contributed by atoms with E-state index in [2.05, 4.69) is 6.58 Å². The summed E-state index contributed by atoms with van der Waals surface area (Å²) < 4.78 is 74.8. The van der Waals surface area contributed by atoms with Crippen molar-refractivity contribution in [2.45, 2.75) is 51.0 Å². The molecule has 0 N–H and O–H groups in total. The Bertz CT molecular complexity index is 1320. The van der Waals surface area contributed by atoms with Gasteiger partial charge in [0.05, 0.1) is 18.3 Å². The largest absolute Gasteiger partial charge is 0.490 e. The van der Waals surface area contributed by atoms with Gasteiger partial charge in [0.2, 0.25) is 11.6 Å². The second-order valence-corrected chi connectivity index (χ2v) is 9.34. The monoisotopic (exact) mass is 542 g/mol. The Balaban J connectivity index is 1.43. The van der Waals surface area contributed by atoms with Crippen LogP contribution in [0.2, 0.25) is 0 Å². The number of carbonyl (C=O) groups is 1. The maximum atomic E-state index is 14.9. The summed E-state index contributed by atoms with van der Waals surface area (Å²) in [5.74, 6) is -6.24. The second kappa shape index (κ2) is 12.9. The molecule has 39 heavy (non-hydrogen) atoms. The van der Waals surface area contributed by atoms with Crippen molar-refractivity contribution < 1.29 is 36.6 Å². The molecular weight excluding hydrogens is 512 g/mol. The zero-order valence-corrected chi connectivity index (χ0v) is 21.7. The summed E-state index contributed by atoms with van der Waals surface area (Å²) in [5, 5.41) is 0. The lowest BCUT2D eigenvalue weighted by atomic mass is 9.82. The van der Waals surface area contributed by atoms with Crippen molar-refractivity contribution in [2.75, 3.05) is 13.2 Å². The van der Waals surface area contributed by atoms with E-state index in [1.165, 1.54) is 48.5 Å². The third-order valence-electron chi connectivity index (χ3n) is 6.85. The number of halogens is 4. The van der Waals surface area contributed by atoms with Crippen LogP contribution in [-0.4, -0.2) is 25.3 Å². The summed E-state index contributed by atoms with van der Waals surface area (Å²) >= 11 is 0. The predicted octanol–water partition coefficient (Wildman–Crippen LogP) is 8.15. The van der Waals surface area contributed by atoms with Gasteiger partial charge in [0.1, 0.15) is 0 Å². The first-order chi connectivity index (χ1) is 18.8. The maximum Gasteiger partial charge on any atom is 0.343 e. The van der Waals surface area contributed by atoms with Crippen molar-refractivity contribution in [3.05, 3.63) is 95.6 Å². The Kier molecular flexibility index (Phi) is 9.41. The average Bonchev–Trinajstić information content (AvgIpc) is 2.95. The van der Waals surface area contributed by atoms with Crippen molar-refractivity contribution in [2.24, 2.45) is 0 Å². The van der Waals surface area contributed by atoms with E-state index in [0.29, 0.717) is 31.4 Å². The molecule has 4 rings (SSSR count). The van der Waals surface area contributed by atoms with E-state index in [4.69, 9.17) is 14.2 Å². The molecule has 1 fully saturated rings. The van der Waals surface area contributed by atoms with Crippen LogP contribution in [0.15, 0.2) is 61.2 Å². The molecule has 0 radical (unpaired) electrons. The highest BCUT2D eigenvalue weighted by Crippen LogP contribution is 2.37. The fraction of sp³-hybridized carbons (Fsp3) is 0.323. The molecule has 0 atom stereocenters. The number of hydrogen-bond acceptors (Lipinski definition) is 4. The van der Waals surface area contributed by atoms with E-state index in [0.717, 1.165) is 12.8 Å². The number of benzene rings is 3. The summed E-state index contributed by atoms with van der Waals surface area (Å²) in [4.78, 5) is 12.6. The van der Waals surface area contributed by atoms with Crippen LogP contribution in [0, 0.1) is 23.3 Å². The number of ether oxygens (including phenoxy) is 3. The molecule has 0 aliphatic heterocycles. The van der Waals surface area contributed by atoms with Crippen molar-refractivity contribution in [1.29, 1.82) is 0 Å². The van der Waals surface area contributed by atoms with Crippen LogP contribution < -0.4 is 9.47 Å². The van der Waals surface area contributed by atoms with E-state index in [1.807, 2.05) is 6.92 Å². The van der Waals surface area contributed by atoms with Gasteiger partial charge in [-0.25, -0.2) is 13.6 Å². The molecule has 0 saturated heterocycles. The van der Waals surface area contributed by atoms with Gasteiger partial charge >= 0.3 is 5.97 Å². The fourth-order valence-electron chi connectivity index (χ4n) is 4.78. The number of esters is 1. The zero-order chi connectivity index (χ0) is 27.9. The van der Waals surface area contributed by atoms with Crippen LogP contribution in [0.4, 0.5) is 17.6 Å². The van der Waals surface area contributed by atoms with Gasteiger partial charge in [-0.15, -0.1) is 6.58 Å². The summed E-state index contributed by atoms with van der Waals surface area (Å²) in [6.45, 7) is 6.26. The molecule has 0 aromatic heterocycles. The molecule has 0 bridgehead atoms. The molecule has 0 unspecified atom stereocenters. The lowest BCUT2D eigenvalue weighted by Gasteiger charge is -2.28. The minimum atomic E-state index is -1.22. The molecule has 1 saturated carbocycles. The van der Waals surface area contributed by atoms with Gasteiger partial charge < -0.3 is 14.2 Å². The SMILES string of the molecule is C=CCCOc1ccc(-c2ccc(C(=O)Oc3ccc(C4CCC(OCC)CC4)c(F)c3F)cc2)c(F)c1F. The van der Waals surface area contributed by atoms with Crippen molar-refractivity contribution in [3.8, 4) is 22.6 Å². The standard InChI is InChI=1S/C31H30F4O4/c1-3-5-18-38-25-16-14-23(27(32)29(25)34)19-6-8-21(9-7-19)31(36)39-26-17-15-24(28(33)30(26)35)20-10-12-22(13-11-20)37-4-2/h3,6-9,14-17,20,22H,1,4-5,10-13,18H2,2H3. The molecule has 1 aliphatic carbocycles. The smallest absolute Gasteiger partial charge is 0.343 e. The minimum absolute atomic E-state index is 0.0255. The van der Waals surface area contributed by atoms with Crippen LogP contribution in [-0.2, 0) is 4.74 Å². The summed E-state index contributed by atoms with van der Waals surface area (Å²) in [6, 6.07) is 10.9. The third kappa shape index (κ3) is 6.50. The predicted molar refractivity (Wildman–Crippen MR) is 140 cm³/mol. The van der Waals surface area contributed by atoms with Crippen LogP contribution in [0.25, 0.3) is 11.1 Å². The number of carbonyl (C=O) groups excluding carboxylic acids is 1. The molecule has 0 heterocycles. The quantitative estimate of drug-likeness (QED) is 0.0853. The summed E-state index contributed by atoms with van der Waals surface area (Å²) in [7, 11) is 0. The first-order valence-corrected chi connectivity index (χ1v) is 13.0. The molecule has 3 aromatic rings. The second-order valence-electron chi connectivity index (χ2n) is 9.34. The van der Waals surface area contributed by atoms with Crippen molar-refractivity contribution in [3.63, 3.8) is 0 Å². The van der Waals surface area contributed by atoms with E-state index in [9.17, 15) is 22.4 Å². The Morgan fingerprint density at radius 1 is 0.872 bits per heavy atom. The molecule has 1 aliphatic rings. The molecule has 3 aromatic carbocycles. The van der Waals surface area contributed by atoms with Gasteiger partial charge in [-0.1, -0.05) is 24.3 Å². The van der Waals surface area contributed by atoms with Crippen LogP contribution >= 0.6 is 0 Å². The Morgan fingerprint density at radius 3 is 2.21 bits per heavy atom. The van der Waals surface area contributed by atoms with Crippen molar-refractivity contribution in [1.82, 2.24) is 0 Å². The molecular formula is C31H30F4O4. The van der Waals surface area contributed by atoms with E-state index in [-0.39, 0.29) is 41.1 Å². The third-order valence-corrected chi connectivity index (χ3v) is 6.85. The van der Waals surface area contributed by atoms with Gasteiger partial charge in [0.15, 0.2) is 23.1 Å². The lowest BCUT2D eigenvalue weighted by Crippen LogP contribution is -2.21. The van der Waals surface area contributed by atoms with Crippen LogP contribution in [0.3, 0.4) is 0 Å². The van der Waals surface area contributed by atoms with Crippen LogP contribution in [0.5, 0.6) is 11.5 Å². The zero-order valence-electron chi connectivity index (χ0n) is 21.7. The highest BCUT2D eigenvalue weighted by atomic mass is 19.2. The van der Waals surface area contributed by atoms with E-state index >= 15 is 0 Å². The highest BCUT2D eigenvalue weighted by Gasteiger charge is 2.27. The first kappa shape index (κ1) is 28.4.